The summed E-state index contributed by atoms with van der Waals surface area (Å²) in [5, 5.41) is 3.53. The number of para-hydroxylation sites is 2. The molecule has 19 heavy (non-hydrogen) atoms. The minimum Gasteiger partial charge on any atom is -0.381 e. The second-order valence-corrected chi connectivity index (χ2v) is 4.94. The summed E-state index contributed by atoms with van der Waals surface area (Å²) in [5.74, 6) is 0. The molecule has 1 aromatic heterocycles. The van der Waals surface area contributed by atoms with Crippen molar-refractivity contribution in [3.05, 3.63) is 54.4 Å². The number of nitrogens with zero attached hydrogens (tertiary/aromatic N) is 2. The number of anilines is 2. The molecule has 0 aliphatic carbocycles. The molecule has 0 amide bonds. The van der Waals surface area contributed by atoms with Crippen LogP contribution in [-0.2, 0) is 6.54 Å². The number of pyridine rings is 1. The molecule has 3 heteroatoms. The average molecular weight is 253 g/mol. The zero-order valence-electron chi connectivity index (χ0n) is 11.2. The van der Waals surface area contributed by atoms with Gasteiger partial charge in [-0.25, -0.2) is 0 Å². The third kappa shape index (κ3) is 2.41. The van der Waals surface area contributed by atoms with Crippen LogP contribution >= 0.6 is 0 Å². The Morgan fingerprint density at radius 1 is 1.21 bits per heavy atom. The maximum absolute atomic E-state index is 4.09. The third-order valence-corrected chi connectivity index (χ3v) is 3.76. The van der Waals surface area contributed by atoms with E-state index in [4.69, 9.17) is 0 Å². The van der Waals surface area contributed by atoms with Crippen LogP contribution in [0.4, 0.5) is 11.4 Å². The van der Waals surface area contributed by atoms with Crippen LogP contribution in [0.25, 0.3) is 0 Å². The van der Waals surface area contributed by atoms with Gasteiger partial charge in [0.25, 0.3) is 0 Å². The number of benzene rings is 1. The monoisotopic (exact) mass is 253 g/mol. The highest BCUT2D eigenvalue weighted by molar-refractivity contribution is 5.72. The normalized spacial score (nSPS) is 17.7. The third-order valence-electron chi connectivity index (χ3n) is 3.76. The highest BCUT2D eigenvalue weighted by Gasteiger charge is 2.24. The molecule has 1 unspecified atom stereocenters. The minimum absolute atomic E-state index is 0.545. The van der Waals surface area contributed by atoms with Crippen molar-refractivity contribution in [3.63, 3.8) is 0 Å². The Labute approximate surface area is 114 Å². The van der Waals surface area contributed by atoms with E-state index in [2.05, 4.69) is 58.5 Å². The molecule has 0 fully saturated rings. The lowest BCUT2D eigenvalue weighted by atomic mass is 10.1. The Morgan fingerprint density at radius 2 is 2.00 bits per heavy atom. The molecule has 2 heterocycles. The standard InChI is InChI=1S/C16H19N3/c1-2-14-11-18-15-5-3-4-6-16(15)19(14)12-13-7-9-17-10-8-13/h3-10,14,18H,2,11-12H2,1H3. The van der Waals surface area contributed by atoms with Gasteiger partial charge in [-0.3, -0.25) is 4.98 Å². The largest absolute Gasteiger partial charge is 0.381 e. The first-order chi connectivity index (χ1) is 9.38. The number of hydrogen-bond donors (Lipinski definition) is 1. The summed E-state index contributed by atoms with van der Waals surface area (Å²) in [6, 6.07) is 13.3. The second kappa shape index (κ2) is 5.31. The maximum Gasteiger partial charge on any atom is 0.0608 e. The van der Waals surface area contributed by atoms with E-state index in [0.29, 0.717) is 6.04 Å². The molecule has 3 rings (SSSR count). The highest BCUT2D eigenvalue weighted by atomic mass is 15.2. The van der Waals surface area contributed by atoms with Crippen molar-refractivity contribution < 1.29 is 0 Å². The van der Waals surface area contributed by atoms with Crippen molar-refractivity contribution in [1.82, 2.24) is 4.98 Å². The molecule has 1 aliphatic heterocycles. The van der Waals surface area contributed by atoms with Crippen molar-refractivity contribution in [3.8, 4) is 0 Å². The summed E-state index contributed by atoms with van der Waals surface area (Å²) in [6.07, 6.45) is 4.88. The van der Waals surface area contributed by atoms with Gasteiger partial charge in [-0.1, -0.05) is 19.1 Å². The summed E-state index contributed by atoms with van der Waals surface area (Å²) in [7, 11) is 0. The molecule has 1 aliphatic rings. The van der Waals surface area contributed by atoms with E-state index in [-0.39, 0.29) is 0 Å². The van der Waals surface area contributed by atoms with Gasteiger partial charge in [0.1, 0.15) is 0 Å². The fraction of sp³-hybridized carbons (Fsp3) is 0.312. The van der Waals surface area contributed by atoms with Crippen LogP contribution in [0.5, 0.6) is 0 Å². The molecule has 1 aromatic carbocycles. The number of fused-ring (bicyclic) bond motifs is 1. The van der Waals surface area contributed by atoms with Gasteiger partial charge in [0.15, 0.2) is 0 Å². The number of rotatable bonds is 3. The van der Waals surface area contributed by atoms with E-state index in [1.165, 1.54) is 16.9 Å². The van der Waals surface area contributed by atoms with Crippen molar-refractivity contribution in [2.45, 2.75) is 25.9 Å². The summed E-state index contributed by atoms with van der Waals surface area (Å²) < 4.78 is 0. The predicted octanol–water partition coefficient (Wildman–Crippen LogP) is 3.29. The minimum atomic E-state index is 0.545. The van der Waals surface area contributed by atoms with E-state index in [1.54, 1.807) is 0 Å². The van der Waals surface area contributed by atoms with Gasteiger partial charge in [0.2, 0.25) is 0 Å². The van der Waals surface area contributed by atoms with E-state index < -0.39 is 0 Å². The zero-order valence-corrected chi connectivity index (χ0v) is 11.2. The van der Waals surface area contributed by atoms with Crippen LogP contribution in [-0.4, -0.2) is 17.6 Å². The fourth-order valence-electron chi connectivity index (χ4n) is 2.67. The Balaban J connectivity index is 1.92. The van der Waals surface area contributed by atoms with Gasteiger partial charge in [0.05, 0.1) is 11.4 Å². The first kappa shape index (κ1) is 12.0. The van der Waals surface area contributed by atoms with E-state index in [0.717, 1.165) is 19.5 Å². The van der Waals surface area contributed by atoms with Gasteiger partial charge in [-0.2, -0.15) is 0 Å². The van der Waals surface area contributed by atoms with Crippen LogP contribution in [0.3, 0.4) is 0 Å². The summed E-state index contributed by atoms with van der Waals surface area (Å²) in [4.78, 5) is 6.59. The second-order valence-electron chi connectivity index (χ2n) is 4.94. The van der Waals surface area contributed by atoms with E-state index in [1.807, 2.05) is 12.4 Å². The van der Waals surface area contributed by atoms with Crippen molar-refractivity contribution in [1.29, 1.82) is 0 Å². The van der Waals surface area contributed by atoms with Crippen molar-refractivity contribution in [2.24, 2.45) is 0 Å². The van der Waals surface area contributed by atoms with Gasteiger partial charge >= 0.3 is 0 Å². The SMILES string of the molecule is CCC1CNc2ccccc2N1Cc1ccncc1. The van der Waals surface area contributed by atoms with Crippen LogP contribution < -0.4 is 10.2 Å². The zero-order chi connectivity index (χ0) is 13.1. The summed E-state index contributed by atoms with van der Waals surface area (Å²) in [5.41, 5.74) is 3.85. The summed E-state index contributed by atoms with van der Waals surface area (Å²) >= 11 is 0. The maximum atomic E-state index is 4.09. The van der Waals surface area contributed by atoms with Gasteiger partial charge in [-0.15, -0.1) is 0 Å². The number of hydrogen-bond acceptors (Lipinski definition) is 3. The Kier molecular flexibility index (Phi) is 3.36. The van der Waals surface area contributed by atoms with Crippen LogP contribution in [0.2, 0.25) is 0 Å². The first-order valence-corrected chi connectivity index (χ1v) is 6.87. The van der Waals surface area contributed by atoms with Crippen LogP contribution in [0, 0.1) is 0 Å². The van der Waals surface area contributed by atoms with Gasteiger partial charge in [0, 0.05) is 31.5 Å². The highest BCUT2D eigenvalue weighted by Crippen LogP contribution is 2.33. The number of aromatic nitrogens is 1. The van der Waals surface area contributed by atoms with E-state index >= 15 is 0 Å². The van der Waals surface area contributed by atoms with Crippen molar-refractivity contribution in [2.75, 3.05) is 16.8 Å². The molecule has 2 aromatic rings. The lowest BCUT2D eigenvalue weighted by Gasteiger charge is -2.39. The van der Waals surface area contributed by atoms with Crippen LogP contribution in [0.1, 0.15) is 18.9 Å². The fourth-order valence-corrected chi connectivity index (χ4v) is 2.67. The molecule has 0 saturated heterocycles. The molecule has 1 N–H and O–H groups in total. The first-order valence-electron chi connectivity index (χ1n) is 6.87. The van der Waals surface area contributed by atoms with E-state index in [9.17, 15) is 0 Å². The number of nitrogens with one attached hydrogen (secondary N) is 1. The lowest BCUT2D eigenvalue weighted by molar-refractivity contribution is 0.580. The Morgan fingerprint density at radius 3 is 2.79 bits per heavy atom. The molecule has 0 bridgehead atoms. The molecule has 0 radical (unpaired) electrons. The topological polar surface area (TPSA) is 28.2 Å². The molecule has 98 valence electrons. The summed E-state index contributed by atoms with van der Waals surface area (Å²) in [6.45, 7) is 4.21. The molecular weight excluding hydrogens is 234 g/mol. The van der Waals surface area contributed by atoms with Crippen molar-refractivity contribution >= 4 is 11.4 Å². The van der Waals surface area contributed by atoms with Gasteiger partial charge < -0.3 is 10.2 Å². The quantitative estimate of drug-likeness (QED) is 0.909. The molecule has 1 atom stereocenters. The average Bonchev–Trinajstić information content (AvgIpc) is 2.49. The Hall–Kier alpha value is -2.03. The van der Waals surface area contributed by atoms with Crippen LogP contribution in [0.15, 0.2) is 48.8 Å². The lowest BCUT2D eigenvalue weighted by Crippen LogP contribution is -2.43. The van der Waals surface area contributed by atoms with Gasteiger partial charge in [-0.05, 0) is 36.2 Å². The molecule has 3 nitrogen and oxygen atoms in total. The smallest absolute Gasteiger partial charge is 0.0608 e. The molecular formula is C16H19N3. The Bertz CT molecular complexity index is 539. The molecule has 0 saturated carbocycles. The molecule has 0 spiro atoms. The predicted molar refractivity (Wildman–Crippen MR) is 79.4 cm³/mol.